The van der Waals surface area contributed by atoms with Crippen LogP contribution in [-0.4, -0.2) is 14.8 Å². The average molecular weight is 210 g/mol. The minimum Gasteiger partial charge on any atom is -0.250 e. The number of fused-ring (bicyclic) bond motifs is 1. The number of hydrogen-bond donors (Lipinski definition) is 0. The molecule has 0 aliphatic heterocycles. The summed E-state index contributed by atoms with van der Waals surface area (Å²) in [6, 6.07) is 1.93. The molecule has 0 aliphatic carbocycles. The molecule has 0 N–H and O–H groups in total. The second kappa shape index (κ2) is 3.58. The van der Waals surface area contributed by atoms with Gasteiger partial charge in [0.2, 0.25) is 0 Å². The predicted molar refractivity (Wildman–Crippen MR) is 57.5 cm³/mol. The van der Waals surface area contributed by atoms with Crippen LogP contribution in [0.1, 0.15) is 19.0 Å². The summed E-state index contributed by atoms with van der Waals surface area (Å²) in [7, 11) is 1.88. The Balaban J connectivity index is 2.63. The Bertz CT molecular complexity index is 462. The molecular formula is C10H12ClN3. The van der Waals surface area contributed by atoms with E-state index in [1.165, 1.54) is 0 Å². The van der Waals surface area contributed by atoms with Crippen molar-refractivity contribution in [3.05, 3.63) is 23.0 Å². The molecule has 74 valence electrons. The maximum absolute atomic E-state index is 6.12. The van der Waals surface area contributed by atoms with E-state index in [1.807, 2.05) is 13.1 Å². The summed E-state index contributed by atoms with van der Waals surface area (Å²) in [5.74, 6) is 0. The van der Waals surface area contributed by atoms with E-state index >= 15 is 0 Å². The van der Waals surface area contributed by atoms with Crippen LogP contribution in [0.25, 0.3) is 11.0 Å². The number of halogens is 1. The number of nitrogens with zero attached hydrogens (tertiary/aromatic N) is 3. The lowest BCUT2D eigenvalue weighted by molar-refractivity contribution is 0.779. The summed E-state index contributed by atoms with van der Waals surface area (Å²) in [5.41, 5.74) is 1.90. The second-order valence-electron chi connectivity index (χ2n) is 3.35. The minimum atomic E-state index is 0.742. The zero-order valence-electron chi connectivity index (χ0n) is 8.29. The van der Waals surface area contributed by atoms with Crippen molar-refractivity contribution >= 4 is 22.6 Å². The summed E-state index contributed by atoms with van der Waals surface area (Å²) in [6.45, 7) is 2.13. The SMILES string of the molecule is CCCc1cc(Cl)c2cnn(C)c2n1. The van der Waals surface area contributed by atoms with Crippen molar-refractivity contribution < 1.29 is 0 Å². The molecule has 0 atom stereocenters. The molecule has 4 heteroatoms. The summed E-state index contributed by atoms with van der Waals surface area (Å²) in [4.78, 5) is 4.50. The van der Waals surface area contributed by atoms with Gasteiger partial charge >= 0.3 is 0 Å². The largest absolute Gasteiger partial charge is 0.250 e. The standard InChI is InChI=1S/C10H12ClN3/c1-3-4-7-5-9(11)8-6-12-14(2)10(8)13-7/h5-6H,3-4H2,1-2H3. The predicted octanol–water partition coefficient (Wildman–Crippen LogP) is 2.57. The number of pyridine rings is 1. The van der Waals surface area contributed by atoms with Crippen molar-refractivity contribution in [2.24, 2.45) is 7.05 Å². The molecule has 14 heavy (non-hydrogen) atoms. The Morgan fingerprint density at radius 1 is 1.50 bits per heavy atom. The summed E-state index contributed by atoms with van der Waals surface area (Å²) >= 11 is 6.12. The quantitative estimate of drug-likeness (QED) is 0.761. The smallest absolute Gasteiger partial charge is 0.159 e. The van der Waals surface area contributed by atoms with Crippen molar-refractivity contribution in [3.63, 3.8) is 0 Å². The van der Waals surface area contributed by atoms with Crippen LogP contribution >= 0.6 is 11.6 Å². The molecule has 0 amide bonds. The fourth-order valence-corrected chi connectivity index (χ4v) is 1.77. The maximum Gasteiger partial charge on any atom is 0.159 e. The van der Waals surface area contributed by atoms with Gasteiger partial charge in [0.15, 0.2) is 5.65 Å². The van der Waals surface area contributed by atoms with Crippen molar-refractivity contribution in [1.29, 1.82) is 0 Å². The van der Waals surface area contributed by atoms with Gasteiger partial charge in [0.05, 0.1) is 16.6 Å². The Labute approximate surface area is 87.7 Å². The van der Waals surface area contributed by atoms with E-state index in [0.717, 1.165) is 34.6 Å². The maximum atomic E-state index is 6.12. The van der Waals surface area contributed by atoms with Gasteiger partial charge in [-0.05, 0) is 12.5 Å². The molecule has 2 aromatic rings. The van der Waals surface area contributed by atoms with Crippen LogP contribution in [0, 0.1) is 0 Å². The summed E-state index contributed by atoms with van der Waals surface area (Å²) < 4.78 is 1.75. The van der Waals surface area contributed by atoms with Crippen LogP contribution in [0.5, 0.6) is 0 Å². The lowest BCUT2D eigenvalue weighted by Crippen LogP contribution is -1.95. The average Bonchev–Trinajstić information content (AvgIpc) is 2.49. The highest BCUT2D eigenvalue weighted by atomic mass is 35.5. The van der Waals surface area contributed by atoms with Gasteiger partial charge in [0.25, 0.3) is 0 Å². The molecule has 0 saturated heterocycles. The fourth-order valence-electron chi connectivity index (χ4n) is 1.51. The van der Waals surface area contributed by atoms with E-state index in [-0.39, 0.29) is 0 Å². The third-order valence-corrected chi connectivity index (χ3v) is 2.53. The molecule has 0 radical (unpaired) electrons. The lowest BCUT2D eigenvalue weighted by Gasteiger charge is -2.01. The number of aromatic nitrogens is 3. The molecule has 0 saturated carbocycles. The van der Waals surface area contributed by atoms with Crippen molar-refractivity contribution in [1.82, 2.24) is 14.8 Å². The normalized spacial score (nSPS) is 11.1. The Morgan fingerprint density at radius 2 is 2.29 bits per heavy atom. The number of hydrogen-bond acceptors (Lipinski definition) is 2. The van der Waals surface area contributed by atoms with Gasteiger partial charge in [-0.2, -0.15) is 5.10 Å². The zero-order valence-corrected chi connectivity index (χ0v) is 9.04. The molecule has 2 rings (SSSR count). The minimum absolute atomic E-state index is 0.742. The first-order valence-corrected chi connectivity index (χ1v) is 5.07. The van der Waals surface area contributed by atoms with Crippen LogP contribution in [0.2, 0.25) is 5.02 Å². The molecule has 0 unspecified atom stereocenters. The van der Waals surface area contributed by atoms with Crippen LogP contribution in [-0.2, 0) is 13.5 Å². The number of rotatable bonds is 2. The molecular weight excluding hydrogens is 198 g/mol. The second-order valence-corrected chi connectivity index (χ2v) is 3.76. The Kier molecular flexibility index (Phi) is 2.42. The number of aryl methyl sites for hydroxylation is 2. The van der Waals surface area contributed by atoms with E-state index in [9.17, 15) is 0 Å². The molecule has 2 heterocycles. The monoisotopic (exact) mass is 209 g/mol. The third-order valence-electron chi connectivity index (χ3n) is 2.21. The van der Waals surface area contributed by atoms with Gasteiger partial charge in [-0.3, -0.25) is 4.68 Å². The highest BCUT2D eigenvalue weighted by Gasteiger charge is 2.07. The molecule has 3 nitrogen and oxygen atoms in total. The van der Waals surface area contributed by atoms with Crippen LogP contribution < -0.4 is 0 Å². The third kappa shape index (κ3) is 1.48. The van der Waals surface area contributed by atoms with Crippen molar-refractivity contribution in [2.45, 2.75) is 19.8 Å². The highest BCUT2D eigenvalue weighted by Crippen LogP contribution is 2.22. The molecule has 0 bridgehead atoms. The van der Waals surface area contributed by atoms with E-state index in [0.29, 0.717) is 0 Å². The van der Waals surface area contributed by atoms with E-state index in [1.54, 1.807) is 10.9 Å². The molecule has 0 aromatic carbocycles. The molecule has 0 aliphatic rings. The Hall–Kier alpha value is -1.09. The van der Waals surface area contributed by atoms with Crippen LogP contribution in [0.4, 0.5) is 0 Å². The highest BCUT2D eigenvalue weighted by molar-refractivity contribution is 6.35. The first kappa shape index (κ1) is 9.46. The van der Waals surface area contributed by atoms with Gasteiger partial charge in [0, 0.05) is 12.7 Å². The summed E-state index contributed by atoms with van der Waals surface area (Å²) in [5, 5.41) is 5.79. The van der Waals surface area contributed by atoms with Crippen molar-refractivity contribution in [3.8, 4) is 0 Å². The first-order valence-electron chi connectivity index (χ1n) is 4.69. The lowest BCUT2D eigenvalue weighted by atomic mass is 10.2. The van der Waals surface area contributed by atoms with Gasteiger partial charge in [0.1, 0.15) is 0 Å². The summed E-state index contributed by atoms with van der Waals surface area (Å²) in [6.07, 6.45) is 3.79. The van der Waals surface area contributed by atoms with Gasteiger partial charge in [-0.1, -0.05) is 24.9 Å². The fraction of sp³-hybridized carbons (Fsp3) is 0.400. The topological polar surface area (TPSA) is 30.7 Å². The van der Waals surface area contributed by atoms with Crippen LogP contribution in [0.3, 0.4) is 0 Å². The van der Waals surface area contributed by atoms with E-state index < -0.39 is 0 Å². The zero-order chi connectivity index (χ0) is 10.1. The molecule has 2 aromatic heterocycles. The van der Waals surface area contributed by atoms with E-state index in [4.69, 9.17) is 11.6 Å². The van der Waals surface area contributed by atoms with Crippen LogP contribution in [0.15, 0.2) is 12.3 Å². The Morgan fingerprint density at radius 3 is 3.00 bits per heavy atom. The van der Waals surface area contributed by atoms with Crippen molar-refractivity contribution in [2.75, 3.05) is 0 Å². The van der Waals surface area contributed by atoms with Gasteiger partial charge in [-0.15, -0.1) is 0 Å². The molecule has 0 fully saturated rings. The van der Waals surface area contributed by atoms with E-state index in [2.05, 4.69) is 17.0 Å². The van der Waals surface area contributed by atoms with Gasteiger partial charge < -0.3 is 0 Å². The van der Waals surface area contributed by atoms with Gasteiger partial charge in [-0.25, -0.2) is 4.98 Å². The first-order chi connectivity index (χ1) is 6.72. The molecule has 0 spiro atoms.